The third-order valence-corrected chi connectivity index (χ3v) is 1.48. The van der Waals surface area contributed by atoms with E-state index in [2.05, 4.69) is 17.1 Å². The highest BCUT2D eigenvalue weighted by molar-refractivity contribution is 5.10. The van der Waals surface area contributed by atoms with Gasteiger partial charge in [0.25, 0.3) is 5.95 Å². The van der Waals surface area contributed by atoms with E-state index >= 15 is 0 Å². The molecule has 11 heavy (non-hydrogen) atoms. The number of aromatic nitrogens is 2. The zero-order valence-corrected chi connectivity index (χ0v) is 6.71. The van der Waals surface area contributed by atoms with Crippen molar-refractivity contribution in [2.75, 3.05) is 5.73 Å². The van der Waals surface area contributed by atoms with Gasteiger partial charge in [0.2, 0.25) is 5.89 Å². The Labute approximate surface area is 65.8 Å². The number of hydrogen-bond donors (Lipinski definition) is 1. The number of unbranched alkanes of at least 4 members (excludes halogenated alkanes) is 2. The minimum Gasteiger partial charge on any atom is -0.365 e. The van der Waals surface area contributed by atoms with Crippen LogP contribution in [0.25, 0.3) is 0 Å². The molecule has 2 N–H and O–H groups in total. The van der Waals surface area contributed by atoms with Crippen LogP contribution in [0.1, 0.15) is 32.1 Å². The van der Waals surface area contributed by atoms with Crippen molar-refractivity contribution in [2.24, 2.45) is 0 Å². The molecule has 0 unspecified atom stereocenters. The van der Waals surface area contributed by atoms with Gasteiger partial charge in [0.15, 0.2) is 0 Å². The molecule has 0 aromatic carbocycles. The molecule has 0 fully saturated rings. The van der Waals surface area contributed by atoms with E-state index in [1.165, 1.54) is 12.8 Å². The van der Waals surface area contributed by atoms with Crippen molar-refractivity contribution < 1.29 is 4.52 Å². The number of nitrogens with two attached hydrogens (primary N) is 1. The summed E-state index contributed by atoms with van der Waals surface area (Å²) >= 11 is 0. The number of nitrogen functional groups attached to an aromatic ring is 1. The second kappa shape index (κ2) is 3.95. The summed E-state index contributed by atoms with van der Waals surface area (Å²) in [4.78, 5) is 3.88. The molecule has 0 atom stereocenters. The van der Waals surface area contributed by atoms with E-state index in [0.29, 0.717) is 5.89 Å². The van der Waals surface area contributed by atoms with Crippen molar-refractivity contribution in [1.29, 1.82) is 0 Å². The second-order valence-electron chi connectivity index (χ2n) is 2.50. The summed E-state index contributed by atoms with van der Waals surface area (Å²) in [5.41, 5.74) is 5.27. The zero-order valence-electron chi connectivity index (χ0n) is 6.71. The Morgan fingerprint density at radius 1 is 1.45 bits per heavy atom. The molecule has 0 saturated heterocycles. The van der Waals surface area contributed by atoms with Gasteiger partial charge in [-0.15, -0.1) is 0 Å². The monoisotopic (exact) mass is 155 g/mol. The smallest absolute Gasteiger partial charge is 0.260 e. The van der Waals surface area contributed by atoms with Gasteiger partial charge in [-0.3, -0.25) is 0 Å². The maximum absolute atomic E-state index is 5.27. The summed E-state index contributed by atoms with van der Waals surface area (Å²) in [7, 11) is 0. The highest BCUT2D eigenvalue weighted by Crippen LogP contribution is 2.04. The minimum absolute atomic E-state index is 0.233. The highest BCUT2D eigenvalue weighted by Gasteiger charge is 2.00. The van der Waals surface area contributed by atoms with Crippen molar-refractivity contribution in [3.63, 3.8) is 0 Å². The minimum atomic E-state index is 0.233. The normalized spacial score (nSPS) is 10.3. The average Bonchev–Trinajstić information content (AvgIpc) is 2.37. The largest absolute Gasteiger partial charge is 0.365 e. The fourth-order valence-electron chi connectivity index (χ4n) is 0.896. The van der Waals surface area contributed by atoms with Crippen LogP contribution in [0.4, 0.5) is 5.95 Å². The lowest BCUT2D eigenvalue weighted by Crippen LogP contribution is -1.88. The van der Waals surface area contributed by atoms with Crippen molar-refractivity contribution in [2.45, 2.75) is 32.6 Å². The van der Waals surface area contributed by atoms with Gasteiger partial charge in [-0.1, -0.05) is 19.8 Å². The van der Waals surface area contributed by atoms with Crippen LogP contribution in [0.5, 0.6) is 0 Å². The van der Waals surface area contributed by atoms with Crippen LogP contribution in [0.2, 0.25) is 0 Å². The SMILES string of the molecule is CCCCCc1nc(N)no1. The molecule has 0 saturated carbocycles. The summed E-state index contributed by atoms with van der Waals surface area (Å²) in [6.07, 6.45) is 4.34. The van der Waals surface area contributed by atoms with Crippen molar-refractivity contribution >= 4 is 5.95 Å². The van der Waals surface area contributed by atoms with E-state index < -0.39 is 0 Å². The maximum Gasteiger partial charge on any atom is 0.260 e. The Morgan fingerprint density at radius 3 is 2.82 bits per heavy atom. The third-order valence-electron chi connectivity index (χ3n) is 1.48. The predicted molar refractivity (Wildman–Crippen MR) is 41.9 cm³/mol. The molecule has 0 aliphatic rings. The number of nitrogens with zero attached hydrogens (tertiary/aromatic N) is 2. The number of hydrogen-bond acceptors (Lipinski definition) is 4. The van der Waals surface area contributed by atoms with Gasteiger partial charge in [0.05, 0.1) is 0 Å². The van der Waals surface area contributed by atoms with Crippen LogP contribution < -0.4 is 5.73 Å². The molecule has 0 aliphatic heterocycles. The van der Waals surface area contributed by atoms with Gasteiger partial charge < -0.3 is 10.3 Å². The Morgan fingerprint density at radius 2 is 2.27 bits per heavy atom. The topological polar surface area (TPSA) is 64.9 Å². The Balaban J connectivity index is 2.27. The molecule has 1 aromatic heterocycles. The van der Waals surface area contributed by atoms with Crippen molar-refractivity contribution in [3.05, 3.63) is 5.89 Å². The van der Waals surface area contributed by atoms with Crippen molar-refractivity contribution in [3.8, 4) is 0 Å². The third kappa shape index (κ3) is 2.57. The zero-order chi connectivity index (χ0) is 8.10. The molecule has 4 heteroatoms. The van der Waals surface area contributed by atoms with E-state index in [-0.39, 0.29) is 5.95 Å². The molecule has 1 aromatic rings. The fourth-order valence-corrected chi connectivity index (χ4v) is 0.896. The quantitative estimate of drug-likeness (QED) is 0.667. The summed E-state index contributed by atoms with van der Waals surface area (Å²) in [5.74, 6) is 0.882. The number of aryl methyl sites for hydroxylation is 1. The molecular weight excluding hydrogens is 142 g/mol. The van der Waals surface area contributed by atoms with E-state index in [9.17, 15) is 0 Å². The summed E-state index contributed by atoms with van der Waals surface area (Å²) < 4.78 is 4.82. The van der Waals surface area contributed by atoms with Gasteiger partial charge >= 0.3 is 0 Å². The summed E-state index contributed by atoms with van der Waals surface area (Å²) in [6.45, 7) is 2.15. The van der Waals surface area contributed by atoms with E-state index in [1.54, 1.807) is 0 Å². The molecule has 0 spiro atoms. The molecule has 62 valence electrons. The summed E-state index contributed by atoms with van der Waals surface area (Å²) in [6, 6.07) is 0. The molecule has 0 bridgehead atoms. The van der Waals surface area contributed by atoms with Crippen LogP contribution in [-0.2, 0) is 6.42 Å². The van der Waals surface area contributed by atoms with Gasteiger partial charge in [0, 0.05) is 6.42 Å². The number of rotatable bonds is 4. The van der Waals surface area contributed by atoms with E-state index in [0.717, 1.165) is 12.8 Å². The van der Waals surface area contributed by atoms with Crippen LogP contribution in [-0.4, -0.2) is 10.1 Å². The van der Waals surface area contributed by atoms with Gasteiger partial charge in [0.1, 0.15) is 0 Å². The molecule has 0 amide bonds. The lowest BCUT2D eigenvalue weighted by Gasteiger charge is -1.90. The van der Waals surface area contributed by atoms with Crippen LogP contribution in [0.15, 0.2) is 4.52 Å². The lowest BCUT2D eigenvalue weighted by atomic mass is 10.2. The van der Waals surface area contributed by atoms with E-state index in [4.69, 9.17) is 10.3 Å². The molecule has 4 nitrogen and oxygen atoms in total. The number of anilines is 1. The fraction of sp³-hybridized carbons (Fsp3) is 0.714. The second-order valence-corrected chi connectivity index (χ2v) is 2.50. The first kappa shape index (κ1) is 8.04. The predicted octanol–water partition coefficient (Wildman–Crippen LogP) is 1.38. The molecule has 0 aliphatic carbocycles. The molecular formula is C7H13N3O. The van der Waals surface area contributed by atoms with Gasteiger partial charge in [-0.2, -0.15) is 4.98 Å². The Hall–Kier alpha value is -1.06. The Bertz CT molecular complexity index is 209. The average molecular weight is 155 g/mol. The lowest BCUT2D eigenvalue weighted by molar-refractivity contribution is 0.375. The van der Waals surface area contributed by atoms with Gasteiger partial charge in [-0.25, -0.2) is 0 Å². The van der Waals surface area contributed by atoms with Crippen LogP contribution in [0, 0.1) is 0 Å². The Kier molecular flexibility index (Phi) is 2.89. The standard InChI is InChI=1S/C7H13N3O/c1-2-3-4-5-6-9-7(8)10-11-6/h2-5H2,1H3,(H2,8,10). The van der Waals surface area contributed by atoms with Gasteiger partial charge in [-0.05, 0) is 11.6 Å². The molecule has 1 heterocycles. The maximum atomic E-state index is 5.27. The molecule has 0 radical (unpaired) electrons. The first-order chi connectivity index (χ1) is 5.33. The van der Waals surface area contributed by atoms with Crippen LogP contribution in [0.3, 0.4) is 0 Å². The van der Waals surface area contributed by atoms with E-state index in [1.807, 2.05) is 0 Å². The first-order valence-electron chi connectivity index (χ1n) is 3.91. The molecule has 1 rings (SSSR count). The summed E-state index contributed by atoms with van der Waals surface area (Å²) in [5, 5.41) is 3.49. The van der Waals surface area contributed by atoms with Crippen molar-refractivity contribution in [1.82, 2.24) is 10.1 Å². The first-order valence-corrected chi connectivity index (χ1v) is 3.91. The highest BCUT2D eigenvalue weighted by atomic mass is 16.5. The van der Waals surface area contributed by atoms with Crippen LogP contribution >= 0.6 is 0 Å².